The molecule has 0 bridgehead atoms. The zero-order chi connectivity index (χ0) is 10.7. The number of hydrogen-bond acceptors (Lipinski definition) is 3. The fourth-order valence-electron chi connectivity index (χ4n) is 0.734. The molecule has 0 amide bonds. The molecule has 1 aromatic heterocycles. The summed E-state index contributed by atoms with van der Waals surface area (Å²) in [5, 5.41) is 8.37. The molecular formula is C7H4F3NO3. The summed E-state index contributed by atoms with van der Waals surface area (Å²) in [7, 11) is 0. The standard InChI is InChI=1S/C7H4F3NO3/c8-5-3(6(12)13)1-2-4(11-5)14-7(9)10/h1-2,7H,(H,12,13). The topological polar surface area (TPSA) is 59.4 Å². The minimum atomic E-state index is -3.13. The fraction of sp³-hybridized carbons (Fsp3) is 0.143. The summed E-state index contributed by atoms with van der Waals surface area (Å²) in [5.74, 6) is -3.56. The molecule has 1 N–H and O–H groups in total. The van der Waals surface area contributed by atoms with Crippen LogP contribution in [0.4, 0.5) is 13.2 Å². The smallest absolute Gasteiger partial charge is 0.388 e. The van der Waals surface area contributed by atoms with E-state index in [9.17, 15) is 18.0 Å². The van der Waals surface area contributed by atoms with Gasteiger partial charge in [0, 0.05) is 6.07 Å². The van der Waals surface area contributed by atoms with Gasteiger partial charge in [-0.2, -0.15) is 18.2 Å². The summed E-state index contributed by atoms with van der Waals surface area (Å²) in [6.45, 7) is -3.13. The average molecular weight is 207 g/mol. The van der Waals surface area contributed by atoms with Crippen LogP contribution in [0.1, 0.15) is 10.4 Å². The number of nitrogens with zero attached hydrogens (tertiary/aromatic N) is 1. The molecule has 1 heterocycles. The van der Waals surface area contributed by atoms with Gasteiger partial charge in [0.05, 0.1) is 0 Å². The molecule has 0 fully saturated rings. The van der Waals surface area contributed by atoms with E-state index in [1.165, 1.54) is 0 Å². The quantitative estimate of drug-likeness (QED) is 0.763. The van der Waals surface area contributed by atoms with Crippen LogP contribution >= 0.6 is 0 Å². The Morgan fingerprint density at radius 1 is 1.50 bits per heavy atom. The van der Waals surface area contributed by atoms with Gasteiger partial charge in [-0.15, -0.1) is 0 Å². The van der Waals surface area contributed by atoms with Gasteiger partial charge in [0.15, 0.2) is 0 Å². The van der Waals surface area contributed by atoms with Crippen LogP contribution in [0.5, 0.6) is 5.88 Å². The highest BCUT2D eigenvalue weighted by Crippen LogP contribution is 2.13. The Kier molecular flexibility index (Phi) is 2.90. The minimum Gasteiger partial charge on any atom is -0.478 e. The molecule has 4 nitrogen and oxygen atoms in total. The van der Waals surface area contributed by atoms with Crippen molar-refractivity contribution in [3.8, 4) is 5.88 Å². The van der Waals surface area contributed by atoms with Crippen molar-refractivity contribution in [3.63, 3.8) is 0 Å². The second-order valence-corrected chi connectivity index (χ2v) is 2.17. The number of aromatic carboxylic acids is 1. The SMILES string of the molecule is O=C(O)c1ccc(OC(F)F)nc1F. The lowest BCUT2D eigenvalue weighted by Crippen LogP contribution is -2.07. The zero-order valence-electron chi connectivity index (χ0n) is 6.58. The van der Waals surface area contributed by atoms with Crippen molar-refractivity contribution in [2.75, 3.05) is 0 Å². The molecule has 0 radical (unpaired) electrons. The summed E-state index contributed by atoms with van der Waals surface area (Å²) in [5.41, 5.74) is -0.702. The van der Waals surface area contributed by atoms with E-state index < -0.39 is 30.0 Å². The number of ether oxygens (including phenoxy) is 1. The van der Waals surface area contributed by atoms with E-state index in [4.69, 9.17) is 5.11 Å². The number of rotatable bonds is 3. The predicted molar refractivity (Wildman–Crippen MR) is 37.8 cm³/mol. The number of halogens is 3. The van der Waals surface area contributed by atoms with Crippen molar-refractivity contribution in [1.82, 2.24) is 4.98 Å². The van der Waals surface area contributed by atoms with Gasteiger partial charge < -0.3 is 9.84 Å². The van der Waals surface area contributed by atoms with Gasteiger partial charge in [-0.1, -0.05) is 0 Å². The lowest BCUT2D eigenvalue weighted by atomic mass is 10.3. The number of carboxylic acids is 1. The Morgan fingerprint density at radius 3 is 2.57 bits per heavy atom. The number of carboxylic acid groups (broad SMARTS) is 1. The van der Waals surface area contributed by atoms with E-state index in [2.05, 4.69) is 9.72 Å². The highest BCUT2D eigenvalue weighted by Gasteiger charge is 2.14. The van der Waals surface area contributed by atoms with Crippen LogP contribution in [0.3, 0.4) is 0 Å². The molecule has 0 saturated carbocycles. The number of pyridine rings is 1. The third-order valence-corrected chi connectivity index (χ3v) is 1.26. The molecule has 0 aromatic carbocycles. The third kappa shape index (κ3) is 2.35. The molecule has 14 heavy (non-hydrogen) atoms. The van der Waals surface area contributed by atoms with Crippen molar-refractivity contribution in [1.29, 1.82) is 0 Å². The minimum absolute atomic E-state index is 0.664. The summed E-state index contributed by atoms with van der Waals surface area (Å²) >= 11 is 0. The van der Waals surface area contributed by atoms with Crippen molar-refractivity contribution in [2.45, 2.75) is 6.61 Å². The van der Waals surface area contributed by atoms with Gasteiger partial charge in [0.1, 0.15) is 5.56 Å². The summed E-state index contributed by atoms with van der Waals surface area (Å²) in [6, 6.07) is 1.64. The third-order valence-electron chi connectivity index (χ3n) is 1.26. The summed E-state index contributed by atoms with van der Waals surface area (Å²) in [6.07, 6.45) is 0. The number of carbonyl (C=O) groups is 1. The normalized spacial score (nSPS) is 10.3. The van der Waals surface area contributed by atoms with Crippen LogP contribution in [0.25, 0.3) is 0 Å². The number of alkyl halides is 2. The maximum atomic E-state index is 12.7. The van der Waals surface area contributed by atoms with Crippen molar-refractivity contribution >= 4 is 5.97 Å². The second kappa shape index (κ2) is 3.95. The van der Waals surface area contributed by atoms with Crippen molar-refractivity contribution in [3.05, 3.63) is 23.6 Å². The molecule has 0 atom stereocenters. The van der Waals surface area contributed by atoms with E-state index in [1.54, 1.807) is 0 Å². The average Bonchev–Trinajstić information content (AvgIpc) is 2.01. The first-order chi connectivity index (χ1) is 6.50. The number of aromatic nitrogens is 1. The fourth-order valence-corrected chi connectivity index (χ4v) is 0.734. The van der Waals surface area contributed by atoms with E-state index in [0.29, 0.717) is 0 Å². The van der Waals surface area contributed by atoms with Crippen LogP contribution in [0.15, 0.2) is 12.1 Å². The maximum Gasteiger partial charge on any atom is 0.388 e. The van der Waals surface area contributed by atoms with Gasteiger partial charge in [0.2, 0.25) is 11.8 Å². The second-order valence-electron chi connectivity index (χ2n) is 2.17. The molecule has 7 heteroatoms. The first-order valence-electron chi connectivity index (χ1n) is 3.35. The zero-order valence-corrected chi connectivity index (χ0v) is 6.58. The van der Waals surface area contributed by atoms with Gasteiger partial charge in [-0.05, 0) is 6.07 Å². The molecule has 1 rings (SSSR count). The van der Waals surface area contributed by atoms with Crippen LogP contribution < -0.4 is 4.74 Å². The highest BCUT2D eigenvalue weighted by atomic mass is 19.3. The van der Waals surface area contributed by atoms with Gasteiger partial charge >= 0.3 is 12.6 Å². The molecular weight excluding hydrogens is 203 g/mol. The molecule has 0 spiro atoms. The van der Waals surface area contributed by atoms with Gasteiger partial charge in [-0.3, -0.25) is 0 Å². The van der Waals surface area contributed by atoms with E-state index >= 15 is 0 Å². The van der Waals surface area contributed by atoms with Crippen LogP contribution in [-0.4, -0.2) is 22.7 Å². The predicted octanol–water partition coefficient (Wildman–Crippen LogP) is 1.52. The molecule has 0 aliphatic carbocycles. The first kappa shape index (κ1) is 10.3. The maximum absolute atomic E-state index is 12.7. The summed E-state index contributed by atoms with van der Waals surface area (Å²) in [4.78, 5) is 13.2. The largest absolute Gasteiger partial charge is 0.478 e. The summed E-state index contributed by atoms with van der Waals surface area (Å²) < 4.78 is 39.7. The number of hydrogen-bond donors (Lipinski definition) is 1. The van der Waals surface area contributed by atoms with E-state index in [1.807, 2.05) is 0 Å². The first-order valence-corrected chi connectivity index (χ1v) is 3.35. The molecule has 0 unspecified atom stereocenters. The van der Waals surface area contributed by atoms with E-state index in [0.717, 1.165) is 12.1 Å². The molecule has 0 aliphatic heterocycles. The monoisotopic (exact) mass is 207 g/mol. The Labute approximate surface area is 75.9 Å². The van der Waals surface area contributed by atoms with Gasteiger partial charge in [-0.25, -0.2) is 4.79 Å². The lowest BCUT2D eigenvalue weighted by molar-refractivity contribution is -0.0532. The van der Waals surface area contributed by atoms with E-state index in [-0.39, 0.29) is 0 Å². The Morgan fingerprint density at radius 2 is 2.14 bits per heavy atom. The molecule has 76 valence electrons. The molecule has 0 aliphatic rings. The van der Waals surface area contributed by atoms with Crippen LogP contribution in [0.2, 0.25) is 0 Å². The molecule has 0 saturated heterocycles. The Bertz CT molecular complexity index is 356. The van der Waals surface area contributed by atoms with Crippen molar-refractivity contribution < 1.29 is 27.8 Å². The van der Waals surface area contributed by atoms with Crippen LogP contribution in [0, 0.1) is 5.95 Å². The van der Waals surface area contributed by atoms with Crippen molar-refractivity contribution in [2.24, 2.45) is 0 Å². The highest BCUT2D eigenvalue weighted by molar-refractivity contribution is 5.87. The lowest BCUT2D eigenvalue weighted by Gasteiger charge is -2.03. The Hall–Kier alpha value is -1.79. The van der Waals surface area contributed by atoms with Crippen LogP contribution in [-0.2, 0) is 0 Å². The Balaban J connectivity index is 2.94. The molecule has 1 aromatic rings. The van der Waals surface area contributed by atoms with Gasteiger partial charge in [0.25, 0.3) is 0 Å².